The minimum atomic E-state index is -0.582. The van der Waals surface area contributed by atoms with Crippen molar-refractivity contribution in [3.63, 3.8) is 0 Å². The van der Waals surface area contributed by atoms with Crippen LogP contribution in [0.15, 0.2) is 36.5 Å². The van der Waals surface area contributed by atoms with E-state index in [0.29, 0.717) is 13.0 Å². The molecule has 1 N–H and O–H groups in total. The number of ether oxygens (including phenoxy) is 1. The van der Waals surface area contributed by atoms with Gasteiger partial charge in [0.25, 0.3) is 0 Å². The number of benzene rings is 1. The van der Waals surface area contributed by atoms with Crippen molar-refractivity contribution in [3.8, 4) is 0 Å². The van der Waals surface area contributed by atoms with E-state index in [-0.39, 0.29) is 30.9 Å². The highest BCUT2D eigenvalue weighted by molar-refractivity contribution is 5.78. The third kappa shape index (κ3) is 3.63. The second-order valence-corrected chi connectivity index (χ2v) is 5.94. The standard InChI is InChI=1S/C17H20FN3O3/c1-20-14(6-7-19-20)10-24-11-17(23)21-9-15(22)8-16(21)12-2-4-13(18)5-3-12/h2-7,15-16,22H,8-11H2,1H3/t15-,16-/m1/s1. The fourth-order valence-corrected chi connectivity index (χ4v) is 2.96. The van der Waals surface area contributed by atoms with Gasteiger partial charge in [-0.3, -0.25) is 9.48 Å². The Labute approximate surface area is 139 Å². The number of likely N-dealkylation sites (tertiary alicyclic amines) is 1. The first-order valence-electron chi connectivity index (χ1n) is 7.82. The largest absolute Gasteiger partial charge is 0.391 e. The lowest BCUT2D eigenvalue weighted by Crippen LogP contribution is -2.34. The van der Waals surface area contributed by atoms with Crippen LogP contribution in [0.4, 0.5) is 4.39 Å². The molecular formula is C17H20FN3O3. The van der Waals surface area contributed by atoms with Gasteiger partial charge in [-0.1, -0.05) is 12.1 Å². The summed E-state index contributed by atoms with van der Waals surface area (Å²) < 4.78 is 20.2. The van der Waals surface area contributed by atoms with E-state index in [4.69, 9.17) is 4.74 Å². The van der Waals surface area contributed by atoms with Crippen LogP contribution in [0, 0.1) is 5.82 Å². The minimum Gasteiger partial charge on any atom is -0.391 e. The molecule has 3 rings (SSSR count). The summed E-state index contributed by atoms with van der Waals surface area (Å²) in [7, 11) is 1.81. The molecule has 128 valence electrons. The van der Waals surface area contributed by atoms with Gasteiger partial charge in [-0.25, -0.2) is 4.39 Å². The zero-order valence-corrected chi connectivity index (χ0v) is 13.4. The molecule has 2 aromatic rings. The molecule has 24 heavy (non-hydrogen) atoms. The summed E-state index contributed by atoms with van der Waals surface area (Å²) in [5, 5.41) is 14.0. The van der Waals surface area contributed by atoms with E-state index >= 15 is 0 Å². The van der Waals surface area contributed by atoms with Gasteiger partial charge < -0.3 is 14.7 Å². The molecule has 1 saturated heterocycles. The van der Waals surface area contributed by atoms with Gasteiger partial charge in [0, 0.05) is 19.8 Å². The summed E-state index contributed by atoms with van der Waals surface area (Å²) in [4.78, 5) is 14.0. The lowest BCUT2D eigenvalue weighted by atomic mass is 10.0. The fraction of sp³-hybridized carbons (Fsp3) is 0.412. The molecule has 1 aromatic carbocycles. The Balaban J connectivity index is 1.61. The maximum atomic E-state index is 13.1. The Kier molecular flexibility index (Phi) is 4.92. The normalized spacial score (nSPS) is 20.5. The molecule has 0 spiro atoms. The molecule has 1 fully saturated rings. The molecular weight excluding hydrogens is 313 g/mol. The summed E-state index contributed by atoms with van der Waals surface area (Å²) >= 11 is 0. The van der Waals surface area contributed by atoms with Gasteiger partial charge in [-0.2, -0.15) is 5.10 Å². The lowest BCUT2D eigenvalue weighted by molar-refractivity contribution is -0.137. The van der Waals surface area contributed by atoms with E-state index in [9.17, 15) is 14.3 Å². The van der Waals surface area contributed by atoms with Crippen LogP contribution >= 0.6 is 0 Å². The topological polar surface area (TPSA) is 67.6 Å². The molecule has 1 aliphatic heterocycles. The van der Waals surface area contributed by atoms with Crippen molar-refractivity contribution < 1.29 is 19.0 Å². The number of nitrogens with zero attached hydrogens (tertiary/aromatic N) is 3. The smallest absolute Gasteiger partial charge is 0.249 e. The Hall–Kier alpha value is -2.25. The monoisotopic (exact) mass is 333 g/mol. The number of rotatable bonds is 5. The molecule has 7 heteroatoms. The molecule has 1 aliphatic rings. The quantitative estimate of drug-likeness (QED) is 0.898. The van der Waals surface area contributed by atoms with E-state index in [1.165, 1.54) is 12.1 Å². The van der Waals surface area contributed by atoms with Crippen molar-refractivity contribution in [2.45, 2.75) is 25.2 Å². The molecule has 0 unspecified atom stereocenters. The third-order valence-electron chi connectivity index (χ3n) is 4.25. The summed E-state index contributed by atoms with van der Waals surface area (Å²) in [6.45, 7) is 0.478. The van der Waals surface area contributed by atoms with Gasteiger partial charge in [-0.05, 0) is 30.2 Å². The summed E-state index contributed by atoms with van der Waals surface area (Å²) in [6.07, 6.45) is 1.53. The first-order valence-corrected chi connectivity index (χ1v) is 7.82. The van der Waals surface area contributed by atoms with Gasteiger partial charge in [-0.15, -0.1) is 0 Å². The number of hydrogen-bond donors (Lipinski definition) is 1. The predicted octanol–water partition coefficient (Wildman–Crippen LogP) is 1.41. The van der Waals surface area contributed by atoms with Crippen molar-refractivity contribution in [2.24, 2.45) is 7.05 Å². The van der Waals surface area contributed by atoms with Crippen LogP contribution in [-0.4, -0.2) is 44.9 Å². The SMILES string of the molecule is Cn1nccc1COCC(=O)N1C[C@H](O)C[C@@H]1c1ccc(F)cc1. The van der Waals surface area contributed by atoms with Crippen molar-refractivity contribution >= 4 is 5.91 Å². The number of aliphatic hydroxyl groups excluding tert-OH is 1. The van der Waals surface area contributed by atoms with E-state index in [0.717, 1.165) is 11.3 Å². The molecule has 0 bridgehead atoms. The number of carbonyl (C=O) groups is 1. The average molecular weight is 333 g/mol. The van der Waals surface area contributed by atoms with E-state index in [2.05, 4.69) is 5.10 Å². The van der Waals surface area contributed by atoms with Crippen LogP contribution in [0.1, 0.15) is 23.7 Å². The molecule has 0 aliphatic carbocycles. The molecule has 1 amide bonds. The molecule has 2 atom stereocenters. The minimum absolute atomic E-state index is 0.0738. The van der Waals surface area contributed by atoms with Crippen LogP contribution in [-0.2, 0) is 23.2 Å². The van der Waals surface area contributed by atoms with Crippen LogP contribution < -0.4 is 0 Å². The Bertz CT molecular complexity index is 701. The van der Waals surface area contributed by atoms with Crippen LogP contribution in [0.3, 0.4) is 0 Å². The number of aryl methyl sites for hydroxylation is 1. The number of hydrogen-bond acceptors (Lipinski definition) is 4. The summed E-state index contributed by atoms with van der Waals surface area (Å²) in [6, 6.07) is 7.59. The number of amides is 1. The van der Waals surface area contributed by atoms with Crippen molar-refractivity contribution in [1.29, 1.82) is 0 Å². The van der Waals surface area contributed by atoms with Crippen molar-refractivity contribution in [3.05, 3.63) is 53.6 Å². The van der Waals surface area contributed by atoms with E-state index < -0.39 is 6.10 Å². The Morgan fingerprint density at radius 2 is 2.12 bits per heavy atom. The number of β-amino-alcohol motifs (C(OH)–C–C–N with tert-alkyl or cyclic N) is 1. The highest BCUT2D eigenvalue weighted by Crippen LogP contribution is 2.32. The molecule has 0 radical (unpaired) electrons. The number of aromatic nitrogens is 2. The van der Waals surface area contributed by atoms with Gasteiger partial charge in [0.2, 0.25) is 5.91 Å². The highest BCUT2D eigenvalue weighted by Gasteiger charge is 2.35. The number of aliphatic hydroxyl groups is 1. The fourth-order valence-electron chi connectivity index (χ4n) is 2.96. The van der Waals surface area contributed by atoms with Gasteiger partial charge in [0.15, 0.2) is 0 Å². The van der Waals surface area contributed by atoms with Crippen LogP contribution in [0.5, 0.6) is 0 Å². The first-order chi connectivity index (χ1) is 11.5. The number of carbonyl (C=O) groups excluding carboxylic acids is 1. The zero-order chi connectivity index (χ0) is 17.1. The Morgan fingerprint density at radius 1 is 1.38 bits per heavy atom. The average Bonchev–Trinajstić information content (AvgIpc) is 3.14. The summed E-state index contributed by atoms with van der Waals surface area (Å²) in [5.41, 5.74) is 1.69. The maximum absolute atomic E-state index is 13.1. The first kappa shape index (κ1) is 16.6. The van der Waals surface area contributed by atoms with Gasteiger partial charge >= 0.3 is 0 Å². The Morgan fingerprint density at radius 3 is 2.79 bits per heavy atom. The molecule has 1 aromatic heterocycles. The van der Waals surface area contributed by atoms with E-state index in [1.807, 2.05) is 13.1 Å². The zero-order valence-electron chi connectivity index (χ0n) is 13.4. The highest BCUT2D eigenvalue weighted by atomic mass is 19.1. The lowest BCUT2D eigenvalue weighted by Gasteiger charge is -2.24. The second kappa shape index (κ2) is 7.11. The van der Waals surface area contributed by atoms with Crippen LogP contribution in [0.25, 0.3) is 0 Å². The maximum Gasteiger partial charge on any atom is 0.249 e. The molecule has 0 saturated carbocycles. The van der Waals surface area contributed by atoms with Gasteiger partial charge in [0.1, 0.15) is 12.4 Å². The predicted molar refractivity (Wildman–Crippen MR) is 84.3 cm³/mol. The van der Waals surface area contributed by atoms with Crippen LogP contribution in [0.2, 0.25) is 0 Å². The second-order valence-electron chi connectivity index (χ2n) is 5.94. The van der Waals surface area contributed by atoms with E-state index in [1.54, 1.807) is 27.9 Å². The number of halogens is 1. The van der Waals surface area contributed by atoms with Crippen molar-refractivity contribution in [2.75, 3.05) is 13.2 Å². The molecule has 2 heterocycles. The van der Waals surface area contributed by atoms with Gasteiger partial charge in [0.05, 0.1) is 24.4 Å². The van der Waals surface area contributed by atoms with Crippen molar-refractivity contribution in [1.82, 2.24) is 14.7 Å². The summed E-state index contributed by atoms with van der Waals surface area (Å²) in [5.74, 6) is -0.516. The molecule has 6 nitrogen and oxygen atoms in total. The third-order valence-corrected chi connectivity index (χ3v) is 4.25.